The van der Waals surface area contributed by atoms with Crippen LogP contribution in [-0.4, -0.2) is 40.6 Å². The van der Waals surface area contributed by atoms with Crippen LogP contribution in [0.5, 0.6) is 0 Å². The number of hydrogen-bond donors (Lipinski definition) is 0. The Morgan fingerprint density at radius 1 is 1.23 bits per heavy atom. The second kappa shape index (κ2) is 5.39. The molecule has 116 valence electrons. The number of hydrogen-bond acceptors (Lipinski definition) is 4. The van der Waals surface area contributed by atoms with Crippen molar-refractivity contribution in [2.24, 2.45) is 7.05 Å². The summed E-state index contributed by atoms with van der Waals surface area (Å²) >= 11 is 0. The summed E-state index contributed by atoms with van der Waals surface area (Å²) < 4.78 is 7.79. The van der Waals surface area contributed by atoms with Gasteiger partial charge in [-0.2, -0.15) is 0 Å². The summed E-state index contributed by atoms with van der Waals surface area (Å²) in [6.45, 7) is 4.64. The van der Waals surface area contributed by atoms with Gasteiger partial charge in [0.15, 0.2) is 0 Å². The van der Waals surface area contributed by atoms with E-state index in [0.717, 1.165) is 44.3 Å². The van der Waals surface area contributed by atoms with Crippen molar-refractivity contribution in [1.29, 1.82) is 0 Å². The second-order valence-corrected chi connectivity index (χ2v) is 6.33. The third-order valence-electron chi connectivity index (χ3n) is 4.85. The van der Waals surface area contributed by atoms with Crippen molar-refractivity contribution in [1.82, 2.24) is 14.8 Å². The summed E-state index contributed by atoms with van der Waals surface area (Å²) in [6.07, 6.45) is 2.52. The van der Waals surface area contributed by atoms with E-state index in [-0.39, 0.29) is 6.10 Å². The predicted molar refractivity (Wildman–Crippen MR) is 85.2 cm³/mol. The van der Waals surface area contributed by atoms with Gasteiger partial charge >= 0.3 is 0 Å². The Morgan fingerprint density at radius 3 is 2.95 bits per heavy atom. The highest BCUT2D eigenvalue weighted by Gasteiger charge is 2.29. The molecule has 0 saturated carbocycles. The molecule has 0 radical (unpaired) electrons. The molecule has 5 heteroatoms. The highest BCUT2D eigenvalue weighted by atomic mass is 16.5. The highest BCUT2D eigenvalue weighted by Crippen LogP contribution is 2.37. The van der Waals surface area contributed by atoms with Crippen molar-refractivity contribution in [3.63, 3.8) is 0 Å². The number of aryl methyl sites for hydroxylation is 1. The van der Waals surface area contributed by atoms with Crippen LogP contribution in [-0.2, 0) is 18.2 Å². The predicted octanol–water partition coefficient (Wildman–Crippen LogP) is 2.12. The quantitative estimate of drug-likeness (QED) is 0.852. The number of benzene rings is 1. The zero-order valence-electron chi connectivity index (χ0n) is 13.2. The number of rotatable bonds is 2. The first-order chi connectivity index (χ1) is 10.7. The molecule has 0 bridgehead atoms. The zero-order valence-corrected chi connectivity index (χ0v) is 13.2. The van der Waals surface area contributed by atoms with Gasteiger partial charge in [-0.3, -0.25) is 4.57 Å². The lowest BCUT2D eigenvalue weighted by atomic mass is 10.0. The maximum absolute atomic E-state index is 5.62. The molecule has 5 nitrogen and oxygen atoms in total. The van der Waals surface area contributed by atoms with Crippen LogP contribution >= 0.6 is 0 Å². The molecule has 2 aromatic rings. The average molecular weight is 298 g/mol. The molecule has 2 aliphatic rings. The number of anilines is 1. The van der Waals surface area contributed by atoms with E-state index in [9.17, 15) is 0 Å². The minimum Gasteiger partial charge on any atom is -0.375 e. The van der Waals surface area contributed by atoms with E-state index < -0.39 is 0 Å². The molecule has 0 N–H and O–H groups in total. The van der Waals surface area contributed by atoms with E-state index in [1.54, 1.807) is 0 Å². The van der Waals surface area contributed by atoms with Crippen molar-refractivity contribution in [3.8, 4) is 0 Å². The van der Waals surface area contributed by atoms with Crippen LogP contribution in [0.1, 0.15) is 36.2 Å². The second-order valence-electron chi connectivity index (χ2n) is 6.33. The van der Waals surface area contributed by atoms with Crippen LogP contribution in [0.15, 0.2) is 24.3 Å². The number of ether oxygens (including phenoxy) is 1. The molecule has 2 atom stereocenters. The molecule has 22 heavy (non-hydrogen) atoms. The Labute approximate surface area is 130 Å². The lowest BCUT2D eigenvalue weighted by molar-refractivity contribution is 0.0524. The zero-order chi connectivity index (χ0) is 15.1. The lowest BCUT2D eigenvalue weighted by Crippen LogP contribution is -2.42. The Bertz CT molecular complexity index is 681. The maximum Gasteiger partial charge on any atom is 0.227 e. The van der Waals surface area contributed by atoms with Crippen LogP contribution in [0.3, 0.4) is 0 Å². The van der Waals surface area contributed by atoms with E-state index in [0.29, 0.717) is 5.92 Å². The summed E-state index contributed by atoms with van der Waals surface area (Å²) in [4.78, 5) is 2.28. The van der Waals surface area contributed by atoms with E-state index in [4.69, 9.17) is 4.74 Å². The van der Waals surface area contributed by atoms with Gasteiger partial charge in [-0.25, -0.2) is 0 Å². The third-order valence-corrected chi connectivity index (χ3v) is 4.85. The fourth-order valence-electron chi connectivity index (χ4n) is 3.74. The number of fused-ring (bicyclic) bond motifs is 1. The largest absolute Gasteiger partial charge is 0.375 e. The van der Waals surface area contributed by atoms with Gasteiger partial charge in [0, 0.05) is 26.1 Å². The first-order valence-corrected chi connectivity index (χ1v) is 8.07. The maximum atomic E-state index is 5.62. The van der Waals surface area contributed by atoms with E-state index in [1.165, 1.54) is 11.1 Å². The van der Waals surface area contributed by atoms with Gasteiger partial charge in [-0.1, -0.05) is 24.3 Å². The fraction of sp³-hybridized carbons (Fsp3) is 0.529. The molecule has 1 fully saturated rings. The molecule has 0 amide bonds. The molecule has 2 unspecified atom stereocenters. The molecular weight excluding hydrogens is 276 g/mol. The minimum absolute atomic E-state index is 0.251. The van der Waals surface area contributed by atoms with Gasteiger partial charge < -0.3 is 9.64 Å². The number of morpholine rings is 1. The van der Waals surface area contributed by atoms with Gasteiger partial charge in [-0.15, -0.1) is 10.2 Å². The summed E-state index contributed by atoms with van der Waals surface area (Å²) in [6, 6.07) is 8.71. The Hall–Kier alpha value is -1.88. The van der Waals surface area contributed by atoms with Crippen molar-refractivity contribution in [3.05, 3.63) is 41.2 Å². The van der Waals surface area contributed by atoms with Crippen LogP contribution in [0.25, 0.3) is 0 Å². The molecule has 1 aliphatic carbocycles. The fourth-order valence-corrected chi connectivity index (χ4v) is 3.74. The summed E-state index contributed by atoms with van der Waals surface area (Å²) in [7, 11) is 2.09. The van der Waals surface area contributed by atoms with Crippen LogP contribution in [0.4, 0.5) is 5.95 Å². The molecule has 0 spiro atoms. The van der Waals surface area contributed by atoms with Crippen molar-refractivity contribution in [2.45, 2.75) is 31.8 Å². The lowest BCUT2D eigenvalue weighted by Gasteiger charge is -2.31. The highest BCUT2D eigenvalue weighted by molar-refractivity contribution is 5.41. The van der Waals surface area contributed by atoms with Crippen molar-refractivity contribution in [2.75, 3.05) is 24.6 Å². The smallest absolute Gasteiger partial charge is 0.227 e. The normalized spacial score (nSPS) is 24.5. The first-order valence-electron chi connectivity index (χ1n) is 8.07. The van der Waals surface area contributed by atoms with Crippen molar-refractivity contribution < 1.29 is 4.74 Å². The van der Waals surface area contributed by atoms with Gasteiger partial charge in [0.1, 0.15) is 5.82 Å². The van der Waals surface area contributed by atoms with Crippen molar-refractivity contribution >= 4 is 5.95 Å². The molecular formula is C17H22N4O. The molecule has 1 aliphatic heterocycles. The standard InChI is InChI=1S/C17H22N4O/c1-12-11-21(9-10-22-12)17-19-18-16(20(17)2)15-8-7-13-5-3-4-6-14(13)15/h3-6,12,15H,7-11H2,1-2H3. The summed E-state index contributed by atoms with van der Waals surface area (Å²) in [5.41, 5.74) is 2.87. The van der Waals surface area contributed by atoms with Gasteiger partial charge in [0.05, 0.1) is 12.7 Å². The SMILES string of the molecule is CC1CN(c2nnc(C3CCc4ccccc43)n2C)CCO1. The third kappa shape index (κ3) is 2.20. The topological polar surface area (TPSA) is 43.2 Å². The van der Waals surface area contributed by atoms with Crippen LogP contribution in [0, 0.1) is 0 Å². The molecule has 1 saturated heterocycles. The van der Waals surface area contributed by atoms with E-state index in [2.05, 4.69) is 57.9 Å². The molecule has 2 heterocycles. The Balaban J connectivity index is 1.65. The average Bonchev–Trinajstić information content (AvgIpc) is 3.10. The summed E-state index contributed by atoms with van der Waals surface area (Å²) in [5.74, 6) is 2.43. The molecule has 1 aromatic carbocycles. The summed E-state index contributed by atoms with van der Waals surface area (Å²) in [5, 5.41) is 9.00. The molecule has 1 aromatic heterocycles. The number of nitrogens with zero attached hydrogens (tertiary/aromatic N) is 4. The first kappa shape index (κ1) is 13.8. The van der Waals surface area contributed by atoms with Gasteiger partial charge in [0.2, 0.25) is 5.95 Å². The Kier molecular flexibility index (Phi) is 3.37. The number of aromatic nitrogens is 3. The van der Waals surface area contributed by atoms with Gasteiger partial charge in [0.25, 0.3) is 0 Å². The monoisotopic (exact) mass is 298 g/mol. The Morgan fingerprint density at radius 2 is 2.09 bits per heavy atom. The molecule has 4 rings (SSSR count). The van der Waals surface area contributed by atoms with Gasteiger partial charge in [-0.05, 0) is 30.9 Å². The van der Waals surface area contributed by atoms with E-state index in [1.807, 2.05) is 0 Å². The van der Waals surface area contributed by atoms with Crippen LogP contribution in [0.2, 0.25) is 0 Å². The minimum atomic E-state index is 0.251. The van der Waals surface area contributed by atoms with Crippen LogP contribution < -0.4 is 4.90 Å². The van der Waals surface area contributed by atoms with E-state index >= 15 is 0 Å².